The lowest BCUT2D eigenvalue weighted by molar-refractivity contribution is 0.261. The topological polar surface area (TPSA) is 41.5 Å². The van der Waals surface area contributed by atoms with Gasteiger partial charge in [0, 0.05) is 6.20 Å². The number of fused-ring (bicyclic) bond motifs is 1. The van der Waals surface area contributed by atoms with Gasteiger partial charge in [-0.25, -0.2) is 0 Å². The summed E-state index contributed by atoms with van der Waals surface area (Å²) in [7, 11) is 0. The number of para-hydroxylation sites is 2. The molecule has 0 bridgehead atoms. The Labute approximate surface area is 70.3 Å². The van der Waals surface area contributed by atoms with E-state index in [9.17, 15) is 0 Å². The van der Waals surface area contributed by atoms with Crippen molar-refractivity contribution in [3.8, 4) is 5.75 Å². The van der Waals surface area contributed by atoms with E-state index in [0.29, 0.717) is 5.76 Å². The molecule has 62 valence electrons. The van der Waals surface area contributed by atoms with Crippen LogP contribution in [0, 0.1) is 0 Å². The number of aliphatic hydroxyl groups is 1. The number of ether oxygens (including phenoxy) is 1. The van der Waals surface area contributed by atoms with Crippen molar-refractivity contribution in [3.05, 3.63) is 36.2 Å². The first-order chi connectivity index (χ1) is 5.90. The summed E-state index contributed by atoms with van der Waals surface area (Å²) in [6.07, 6.45) is 1.66. The summed E-state index contributed by atoms with van der Waals surface area (Å²) in [5.41, 5.74) is 0.926. The Morgan fingerprint density at radius 2 is 2.17 bits per heavy atom. The molecule has 0 saturated carbocycles. The maximum Gasteiger partial charge on any atom is 0.150 e. The number of anilines is 1. The second-order valence-corrected chi connectivity index (χ2v) is 2.51. The Hall–Kier alpha value is -1.48. The van der Waals surface area contributed by atoms with Crippen LogP contribution in [0.1, 0.15) is 0 Å². The van der Waals surface area contributed by atoms with Crippen molar-refractivity contribution in [3.63, 3.8) is 0 Å². The van der Waals surface area contributed by atoms with Gasteiger partial charge >= 0.3 is 0 Å². The van der Waals surface area contributed by atoms with Gasteiger partial charge in [0.25, 0.3) is 0 Å². The summed E-state index contributed by atoms with van der Waals surface area (Å²) in [5.74, 6) is 1.29. The molecule has 3 heteroatoms. The van der Waals surface area contributed by atoms with E-state index in [1.165, 1.54) is 0 Å². The van der Waals surface area contributed by atoms with Crippen molar-refractivity contribution in [2.24, 2.45) is 0 Å². The molecule has 1 aliphatic heterocycles. The number of nitrogens with one attached hydrogen (secondary N) is 1. The van der Waals surface area contributed by atoms with Crippen LogP contribution in [0.2, 0.25) is 0 Å². The molecule has 0 atom stereocenters. The molecule has 0 amide bonds. The first-order valence-corrected chi connectivity index (χ1v) is 3.73. The molecule has 1 aromatic carbocycles. The third-order valence-electron chi connectivity index (χ3n) is 1.67. The van der Waals surface area contributed by atoms with Gasteiger partial charge in [-0.05, 0) is 12.1 Å². The summed E-state index contributed by atoms with van der Waals surface area (Å²) in [6, 6.07) is 7.58. The average molecular weight is 163 g/mol. The van der Waals surface area contributed by atoms with Gasteiger partial charge in [-0.1, -0.05) is 12.1 Å². The van der Waals surface area contributed by atoms with E-state index < -0.39 is 0 Å². The van der Waals surface area contributed by atoms with Crippen LogP contribution in [0.5, 0.6) is 5.75 Å². The molecule has 2 rings (SSSR count). The predicted octanol–water partition coefficient (Wildman–Crippen LogP) is 1.32. The molecule has 0 saturated heterocycles. The molecule has 0 spiro atoms. The van der Waals surface area contributed by atoms with Gasteiger partial charge < -0.3 is 15.2 Å². The molecular weight excluding hydrogens is 154 g/mol. The molecular formula is C9H9NO2. The van der Waals surface area contributed by atoms with Crippen molar-refractivity contribution in [1.29, 1.82) is 0 Å². The van der Waals surface area contributed by atoms with Gasteiger partial charge in [0.2, 0.25) is 0 Å². The highest BCUT2D eigenvalue weighted by molar-refractivity contribution is 5.60. The van der Waals surface area contributed by atoms with E-state index in [1.54, 1.807) is 6.20 Å². The summed E-state index contributed by atoms with van der Waals surface area (Å²) >= 11 is 0. The summed E-state index contributed by atoms with van der Waals surface area (Å²) in [5, 5.41) is 11.8. The quantitative estimate of drug-likeness (QED) is 0.656. The highest BCUT2D eigenvalue weighted by atomic mass is 16.5. The lowest BCUT2D eigenvalue weighted by Gasteiger charge is -2.17. The standard InChI is InChI=1S/C9H9NO2/c11-6-7-5-10-8-3-1-2-4-9(8)12-7/h1-5,10-11H,6H2. The van der Waals surface area contributed by atoms with E-state index in [-0.39, 0.29) is 6.61 Å². The van der Waals surface area contributed by atoms with Gasteiger partial charge in [-0.15, -0.1) is 0 Å². The van der Waals surface area contributed by atoms with Crippen LogP contribution in [0.4, 0.5) is 5.69 Å². The lowest BCUT2D eigenvalue weighted by atomic mass is 10.2. The number of hydrogen-bond acceptors (Lipinski definition) is 3. The number of aliphatic hydroxyl groups excluding tert-OH is 1. The molecule has 0 unspecified atom stereocenters. The Morgan fingerprint density at radius 1 is 1.33 bits per heavy atom. The zero-order valence-electron chi connectivity index (χ0n) is 6.45. The van der Waals surface area contributed by atoms with Crippen molar-refractivity contribution < 1.29 is 9.84 Å². The minimum Gasteiger partial charge on any atom is -0.456 e. The Kier molecular flexibility index (Phi) is 1.72. The maximum absolute atomic E-state index is 8.78. The Balaban J connectivity index is 2.31. The van der Waals surface area contributed by atoms with Gasteiger partial charge in [0.1, 0.15) is 12.4 Å². The van der Waals surface area contributed by atoms with Crippen LogP contribution in [0.25, 0.3) is 0 Å². The maximum atomic E-state index is 8.78. The highest BCUT2D eigenvalue weighted by Crippen LogP contribution is 2.28. The zero-order valence-corrected chi connectivity index (χ0v) is 6.45. The van der Waals surface area contributed by atoms with Crippen LogP contribution >= 0.6 is 0 Å². The van der Waals surface area contributed by atoms with Gasteiger partial charge in [0.15, 0.2) is 5.75 Å². The minimum absolute atomic E-state index is 0.0820. The average Bonchev–Trinajstić information content (AvgIpc) is 2.17. The monoisotopic (exact) mass is 163 g/mol. The molecule has 0 aliphatic carbocycles. The third kappa shape index (κ3) is 1.14. The smallest absolute Gasteiger partial charge is 0.150 e. The number of hydrogen-bond donors (Lipinski definition) is 2. The molecule has 1 aliphatic rings. The molecule has 1 heterocycles. The highest BCUT2D eigenvalue weighted by Gasteiger charge is 2.09. The Bertz CT molecular complexity index is 320. The van der Waals surface area contributed by atoms with Crippen LogP contribution in [0.3, 0.4) is 0 Å². The van der Waals surface area contributed by atoms with Crippen LogP contribution in [-0.4, -0.2) is 11.7 Å². The summed E-state index contributed by atoms with van der Waals surface area (Å²) in [6.45, 7) is -0.0820. The summed E-state index contributed by atoms with van der Waals surface area (Å²) in [4.78, 5) is 0. The van der Waals surface area contributed by atoms with E-state index in [4.69, 9.17) is 9.84 Å². The normalized spacial score (nSPS) is 13.9. The molecule has 0 aromatic heterocycles. The number of benzene rings is 1. The fourth-order valence-electron chi connectivity index (χ4n) is 1.08. The van der Waals surface area contributed by atoms with Crippen molar-refractivity contribution in [1.82, 2.24) is 0 Å². The van der Waals surface area contributed by atoms with E-state index in [0.717, 1.165) is 11.4 Å². The summed E-state index contributed by atoms with van der Waals surface area (Å²) < 4.78 is 5.33. The van der Waals surface area contributed by atoms with Gasteiger partial charge in [0.05, 0.1) is 5.69 Å². The van der Waals surface area contributed by atoms with Gasteiger partial charge in [-0.3, -0.25) is 0 Å². The molecule has 0 radical (unpaired) electrons. The predicted molar refractivity (Wildman–Crippen MR) is 45.9 cm³/mol. The molecule has 0 fully saturated rings. The van der Waals surface area contributed by atoms with Crippen molar-refractivity contribution in [2.75, 3.05) is 11.9 Å². The SMILES string of the molecule is OCC1=CNc2ccccc2O1. The molecule has 2 N–H and O–H groups in total. The van der Waals surface area contributed by atoms with Crippen molar-refractivity contribution in [2.45, 2.75) is 0 Å². The lowest BCUT2D eigenvalue weighted by Crippen LogP contribution is -2.09. The Morgan fingerprint density at radius 3 is 3.00 bits per heavy atom. The van der Waals surface area contributed by atoms with E-state index >= 15 is 0 Å². The second kappa shape index (κ2) is 2.87. The zero-order chi connectivity index (χ0) is 8.39. The van der Waals surface area contributed by atoms with E-state index in [2.05, 4.69) is 5.32 Å². The minimum atomic E-state index is -0.0820. The molecule has 12 heavy (non-hydrogen) atoms. The number of rotatable bonds is 1. The molecule has 1 aromatic rings. The van der Waals surface area contributed by atoms with Crippen LogP contribution in [0.15, 0.2) is 36.2 Å². The molecule has 3 nitrogen and oxygen atoms in total. The van der Waals surface area contributed by atoms with Crippen molar-refractivity contribution >= 4 is 5.69 Å². The fraction of sp³-hybridized carbons (Fsp3) is 0.111. The van der Waals surface area contributed by atoms with Gasteiger partial charge in [-0.2, -0.15) is 0 Å². The largest absolute Gasteiger partial charge is 0.456 e. The van der Waals surface area contributed by atoms with Crippen LogP contribution in [-0.2, 0) is 0 Å². The second-order valence-electron chi connectivity index (χ2n) is 2.51. The fourth-order valence-corrected chi connectivity index (χ4v) is 1.08. The first-order valence-electron chi connectivity index (χ1n) is 3.73. The van der Waals surface area contributed by atoms with E-state index in [1.807, 2.05) is 24.3 Å². The first kappa shape index (κ1) is 7.18. The third-order valence-corrected chi connectivity index (χ3v) is 1.67. The van der Waals surface area contributed by atoms with Crippen LogP contribution < -0.4 is 10.1 Å².